The van der Waals surface area contributed by atoms with Crippen molar-refractivity contribution in [2.24, 2.45) is 12.8 Å². The number of aryl methyl sites for hydroxylation is 1. The Balaban J connectivity index is 2.10. The van der Waals surface area contributed by atoms with E-state index in [1.54, 1.807) is 4.68 Å². The van der Waals surface area contributed by atoms with Gasteiger partial charge in [0.15, 0.2) is 0 Å². The zero-order chi connectivity index (χ0) is 13.8. The zero-order valence-electron chi connectivity index (χ0n) is 11.1. The summed E-state index contributed by atoms with van der Waals surface area (Å²) in [5.41, 5.74) is 7.89. The minimum Gasteiger partial charge on any atom is -0.487 e. The molecule has 0 amide bonds. The van der Waals surface area contributed by atoms with Gasteiger partial charge in [0, 0.05) is 23.8 Å². The molecule has 19 heavy (non-hydrogen) atoms. The van der Waals surface area contributed by atoms with E-state index >= 15 is 0 Å². The highest BCUT2D eigenvalue weighted by Gasteiger charge is 2.08. The van der Waals surface area contributed by atoms with E-state index in [-0.39, 0.29) is 6.04 Å². The Morgan fingerprint density at radius 1 is 1.42 bits per heavy atom. The van der Waals surface area contributed by atoms with Gasteiger partial charge in [0.25, 0.3) is 0 Å². The molecule has 1 unspecified atom stereocenters. The predicted molar refractivity (Wildman–Crippen MR) is 79.0 cm³/mol. The fraction of sp³-hybridized carbons (Fsp3) is 0.357. The third kappa shape index (κ3) is 4.08. The summed E-state index contributed by atoms with van der Waals surface area (Å²) in [4.78, 5) is 0. The number of rotatable bonds is 5. The number of aromatic nitrogens is 2. The average molecular weight is 324 g/mol. The van der Waals surface area contributed by atoms with Crippen molar-refractivity contribution in [1.29, 1.82) is 0 Å². The molecule has 0 radical (unpaired) electrons. The van der Waals surface area contributed by atoms with E-state index in [0.29, 0.717) is 6.61 Å². The summed E-state index contributed by atoms with van der Waals surface area (Å²) >= 11 is 3.47. The molecule has 2 N–H and O–H groups in total. The lowest BCUT2D eigenvalue weighted by Crippen LogP contribution is -2.18. The van der Waals surface area contributed by atoms with Gasteiger partial charge in [0.1, 0.15) is 12.4 Å². The lowest BCUT2D eigenvalue weighted by molar-refractivity contribution is 0.296. The Morgan fingerprint density at radius 3 is 2.84 bits per heavy atom. The van der Waals surface area contributed by atoms with Crippen molar-refractivity contribution in [3.05, 3.63) is 46.2 Å². The van der Waals surface area contributed by atoms with Crippen LogP contribution in [0.3, 0.4) is 0 Å². The second-order valence-corrected chi connectivity index (χ2v) is 5.62. The van der Waals surface area contributed by atoms with Gasteiger partial charge in [0.2, 0.25) is 0 Å². The molecule has 1 heterocycles. The molecule has 0 aliphatic carbocycles. The molecule has 0 fully saturated rings. The lowest BCUT2D eigenvalue weighted by atomic mass is 10.1. The SMILES string of the molecule is CC(N)Cc1cc(Br)ccc1OCc1ccn(C)n1. The van der Waals surface area contributed by atoms with Crippen LogP contribution in [0.1, 0.15) is 18.2 Å². The van der Waals surface area contributed by atoms with Crippen LogP contribution in [-0.2, 0) is 20.1 Å². The molecule has 0 aliphatic rings. The van der Waals surface area contributed by atoms with E-state index in [2.05, 4.69) is 27.1 Å². The van der Waals surface area contributed by atoms with Crippen molar-refractivity contribution in [1.82, 2.24) is 9.78 Å². The van der Waals surface area contributed by atoms with Crippen molar-refractivity contribution in [2.75, 3.05) is 0 Å². The van der Waals surface area contributed by atoms with E-state index in [9.17, 15) is 0 Å². The summed E-state index contributed by atoms with van der Waals surface area (Å²) in [6, 6.07) is 8.04. The zero-order valence-corrected chi connectivity index (χ0v) is 12.7. The molecule has 2 aromatic rings. The number of halogens is 1. The highest BCUT2D eigenvalue weighted by Crippen LogP contribution is 2.25. The first kappa shape index (κ1) is 14.1. The molecule has 0 bridgehead atoms. The molecule has 102 valence electrons. The summed E-state index contributed by atoms with van der Waals surface area (Å²) < 4.78 is 8.64. The highest BCUT2D eigenvalue weighted by molar-refractivity contribution is 9.10. The van der Waals surface area contributed by atoms with E-state index in [1.807, 2.05) is 38.4 Å². The quantitative estimate of drug-likeness (QED) is 0.920. The normalized spacial score (nSPS) is 12.4. The van der Waals surface area contributed by atoms with Crippen LogP contribution in [0.15, 0.2) is 34.9 Å². The monoisotopic (exact) mass is 323 g/mol. The average Bonchev–Trinajstić information content (AvgIpc) is 2.73. The van der Waals surface area contributed by atoms with Gasteiger partial charge in [-0.3, -0.25) is 4.68 Å². The Bertz CT molecular complexity index is 551. The van der Waals surface area contributed by atoms with Gasteiger partial charge in [-0.2, -0.15) is 5.10 Å². The maximum atomic E-state index is 5.87. The third-order valence-electron chi connectivity index (χ3n) is 2.71. The summed E-state index contributed by atoms with van der Waals surface area (Å²) in [5, 5.41) is 4.29. The molecular weight excluding hydrogens is 306 g/mol. The van der Waals surface area contributed by atoms with Crippen LogP contribution in [0.5, 0.6) is 5.75 Å². The van der Waals surface area contributed by atoms with Gasteiger partial charge in [-0.15, -0.1) is 0 Å². The van der Waals surface area contributed by atoms with Gasteiger partial charge < -0.3 is 10.5 Å². The van der Waals surface area contributed by atoms with Gasteiger partial charge in [0.05, 0.1) is 5.69 Å². The molecule has 5 heteroatoms. The van der Waals surface area contributed by atoms with Crippen molar-refractivity contribution in [2.45, 2.75) is 26.0 Å². The van der Waals surface area contributed by atoms with Crippen molar-refractivity contribution < 1.29 is 4.74 Å². The number of benzene rings is 1. The van der Waals surface area contributed by atoms with Gasteiger partial charge in [-0.05, 0) is 43.2 Å². The van der Waals surface area contributed by atoms with Crippen LogP contribution < -0.4 is 10.5 Å². The predicted octanol–water partition coefficient (Wildman–Crippen LogP) is 2.65. The van der Waals surface area contributed by atoms with Crippen molar-refractivity contribution in [3.63, 3.8) is 0 Å². The second-order valence-electron chi connectivity index (χ2n) is 4.70. The van der Waals surface area contributed by atoms with Crippen LogP contribution in [-0.4, -0.2) is 15.8 Å². The smallest absolute Gasteiger partial charge is 0.132 e. The Kier molecular flexibility index (Phi) is 4.61. The number of nitrogens with two attached hydrogens (primary N) is 1. The standard InChI is InChI=1S/C14H18BrN3O/c1-10(16)7-11-8-12(15)3-4-14(11)19-9-13-5-6-18(2)17-13/h3-6,8,10H,7,9,16H2,1-2H3. The number of ether oxygens (including phenoxy) is 1. The molecule has 1 aromatic heterocycles. The third-order valence-corrected chi connectivity index (χ3v) is 3.20. The fourth-order valence-electron chi connectivity index (χ4n) is 1.89. The van der Waals surface area contributed by atoms with Gasteiger partial charge >= 0.3 is 0 Å². The molecule has 0 aliphatic heterocycles. The maximum absolute atomic E-state index is 5.87. The minimum absolute atomic E-state index is 0.103. The molecule has 0 saturated heterocycles. The van der Waals surface area contributed by atoms with Crippen molar-refractivity contribution >= 4 is 15.9 Å². The first-order valence-corrected chi connectivity index (χ1v) is 6.99. The van der Waals surface area contributed by atoms with Crippen LogP contribution in [0.2, 0.25) is 0 Å². The van der Waals surface area contributed by atoms with Crippen LogP contribution in [0.4, 0.5) is 0 Å². The minimum atomic E-state index is 0.103. The first-order chi connectivity index (χ1) is 9.04. The van der Waals surface area contributed by atoms with Crippen LogP contribution >= 0.6 is 15.9 Å². The molecule has 4 nitrogen and oxygen atoms in total. The maximum Gasteiger partial charge on any atom is 0.132 e. The van der Waals surface area contributed by atoms with E-state index in [0.717, 1.165) is 27.9 Å². The van der Waals surface area contributed by atoms with Gasteiger partial charge in [-0.25, -0.2) is 0 Å². The summed E-state index contributed by atoms with van der Waals surface area (Å²) in [7, 11) is 1.89. The number of nitrogens with zero attached hydrogens (tertiary/aromatic N) is 2. The number of hydrogen-bond donors (Lipinski definition) is 1. The van der Waals surface area contributed by atoms with Crippen LogP contribution in [0, 0.1) is 0 Å². The molecule has 1 aromatic carbocycles. The Labute approximate surface area is 121 Å². The van der Waals surface area contributed by atoms with E-state index in [1.165, 1.54) is 0 Å². The largest absolute Gasteiger partial charge is 0.487 e. The van der Waals surface area contributed by atoms with Crippen LogP contribution in [0.25, 0.3) is 0 Å². The molecule has 0 saturated carbocycles. The molecular formula is C14H18BrN3O. The topological polar surface area (TPSA) is 53.1 Å². The first-order valence-electron chi connectivity index (χ1n) is 6.20. The summed E-state index contributed by atoms with van der Waals surface area (Å²) in [6.45, 7) is 2.46. The molecule has 0 spiro atoms. The Morgan fingerprint density at radius 2 is 2.21 bits per heavy atom. The summed E-state index contributed by atoms with van der Waals surface area (Å²) in [5.74, 6) is 0.867. The number of hydrogen-bond acceptors (Lipinski definition) is 3. The lowest BCUT2D eigenvalue weighted by Gasteiger charge is -2.13. The van der Waals surface area contributed by atoms with Crippen molar-refractivity contribution in [3.8, 4) is 5.75 Å². The fourth-order valence-corrected chi connectivity index (χ4v) is 2.30. The van der Waals surface area contributed by atoms with Gasteiger partial charge in [-0.1, -0.05) is 15.9 Å². The second kappa shape index (κ2) is 6.21. The Hall–Kier alpha value is -1.33. The summed E-state index contributed by atoms with van der Waals surface area (Å²) in [6.07, 6.45) is 2.69. The highest BCUT2D eigenvalue weighted by atomic mass is 79.9. The molecule has 1 atom stereocenters. The van der Waals surface area contributed by atoms with E-state index in [4.69, 9.17) is 10.5 Å². The molecule has 2 rings (SSSR count). The van der Waals surface area contributed by atoms with E-state index < -0.39 is 0 Å².